The lowest BCUT2D eigenvalue weighted by Gasteiger charge is -2.12. The first kappa shape index (κ1) is 16.2. The Morgan fingerprint density at radius 2 is 1.91 bits per heavy atom. The Kier molecular flexibility index (Phi) is 4.96. The molecule has 0 unspecified atom stereocenters. The lowest BCUT2D eigenvalue weighted by atomic mass is 10.1. The van der Waals surface area contributed by atoms with E-state index in [1.54, 1.807) is 0 Å². The molecule has 0 aliphatic carbocycles. The average molecular weight is 302 g/mol. The molecule has 0 aliphatic heterocycles. The minimum absolute atomic E-state index is 0.210. The first-order valence-corrected chi connectivity index (χ1v) is 7.48. The van der Waals surface area contributed by atoms with Crippen LogP contribution in [0.25, 0.3) is 0 Å². The topological polar surface area (TPSA) is 65.2 Å². The number of nitrogens with zero attached hydrogens (tertiary/aromatic N) is 2. The Labute approximate surface area is 130 Å². The molecule has 22 heavy (non-hydrogen) atoms. The largest absolute Gasteiger partial charge is 0.426 e. The van der Waals surface area contributed by atoms with Gasteiger partial charge in [0.15, 0.2) is 5.82 Å². The Bertz CT molecular complexity index is 675. The zero-order chi connectivity index (χ0) is 16.3. The summed E-state index contributed by atoms with van der Waals surface area (Å²) in [5, 5.41) is 3.88. The molecule has 0 saturated carbocycles. The van der Waals surface area contributed by atoms with Crippen molar-refractivity contribution in [2.45, 2.75) is 53.4 Å². The fourth-order valence-electron chi connectivity index (χ4n) is 2.06. The molecule has 0 spiro atoms. The number of aromatic nitrogens is 2. The molecule has 1 aromatic carbocycles. The van der Waals surface area contributed by atoms with Gasteiger partial charge in [0.1, 0.15) is 5.75 Å². The second kappa shape index (κ2) is 6.73. The van der Waals surface area contributed by atoms with Crippen LogP contribution in [0.5, 0.6) is 5.75 Å². The smallest absolute Gasteiger partial charge is 0.311 e. The lowest BCUT2D eigenvalue weighted by Crippen LogP contribution is -2.11. The van der Waals surface area contributed by atoms with Gasteiger partial charge in [0.2, 0.25) is 5.89 Å². The quantitative estimate of drug-likeness (QED) is 0.623. The van der Waals surface area contributed by atoms with Crippen LogP contribution in [-0.2, 0) is 11.2 Å². The van der Waals surface area contributed by atoms with Crippen LogP contribution in [0.4, 0.5) is 0 Å². The predicted octanol–water partition coefficient (Wildman–Crippen LogP) is 3.66. The van der Waals surface area contributed by atoms with Crippen LogP contribution < -0.4 is 4.74 Å². The van der Waals surface area contributed by atoms with Crippen LogP contribution in [-0.4, -0.2) is 16.1 Å². The van der Waals surface area contributed by atoms with Crippen LogP contribution in [0, 0.1) is 20.8 Å². The molecular formula is C17H22N2O3. The Balaban J connectivity index is 1.97. The summed E-state index contributed by atoms with van der Waals surface area (Å²) in [5.41, 5.74) is 3.05. The third-order valence-electron chi connectivity index (χ3n) is 3.63. The Morgan fingerprint density at radius 3 is 2.55 bits per heavy atom. The van der Waals surface area contributed by atoms with Crippen molar-refractivity contribution in [3.63, 3.8) is 0 Å². The molecule has 0 radical (unpaired) electrons. The number of benzene rings is 1. The number of carbonyl (C=O) groups is 1. The van der Waals surface area contributed by atoms with Crippen LogP contribution in [0.15, 0.2) is 16.7 Å². The van der Waals surface area contributed by atoms with Gasteiger partial charge >= 0.3 is 5.97 Å². The predicted molar refractivity (Wildman–Crippen MR) is 83.0 cm³/mol. The molecule has 0 amide bonds. The van der Waals surface area contributed by atoms with Crippen molar-refractivity contribution in [1.82, 2.24) is 10.1 Å². The summed E-state index contributed by atoms with van der Waals surface area (Å²) in [5.74, 6) is 1.70. The van der Waals surface area contributed by atoms with Gasteiger partial charge in [0.25, 0.3) is 0 Å². The summed E-state index contributed by atoms with van der Waals surface area (Å²) >= 11 is 0. The second-order valence-corrected chi connectivity index (χ2v) is 5.83. The molecule has 0 saturated heterocycles. The average Bonchev–Trinajstić information content (AvgIpc) is 2.95. The van der Waals surface area contributed by atoms with E-state index in [1.165, 1.54) is 0 Å². The van der Waals surface area contributed by atoms with Gasteiger partial charge in [0.05, 0.1) is 6.42 Å². The lowest BCUT2D eigenvalue weighted by molar-refractivity contribution is -0.134. The molecule has 0 fully saturated rings. The Hall–Kier alpha value is -2.17. The normalized spacial score (nSPS) is 11.0. The van der Waals surface area contributed by atoms with Crippen molar-refractivity contribution in [2.24, 2.45) is 0 Å². The maximum absolute atomic E-state index is 12.0. The third-order valence-corrected chi connectivity index (χ3v) is 3.63. The van der Waals surface area contributed by atoms with Crippen molar-refractivity contribution < 1.29 is 14.1 Å². The molecule has 0 atom stereocenters. The van der Waals surface area contributed by atoms with E-state index in [4.69, 9.17) is 9.26 Å². The van der Waals surface area contributed by atoms with Gasteiger partial charge in [0, 0.05) is 12.3 Å². The summed E-state index contributed by atoms with van der Waals surface area (Å²) in [7, 11) is 0. The highest BCUT2D eigenvalue weighted by Crippen LogP contribution is 2.26. The molecule has 2 rings (SSSR count). The first-order valence-electron chi connectivity index (χ1n) is 7.48. The van der Waals surface area contributed by atoms with Gasteiger partial charge < -0.3 is 9.26 Å². The zero-order valence-corrected chi connectivity index (χ0v) is 13.8. The maximum atomic E-state index is 12.0. The summed E-state index contributed by atoms with van der Waals surface area (Å²) in [6, 6.07) is 3.98. The highest BCUT2D eigenvalue weighted by atomic mass is 16.5. The van der Waals surface area contributed by atoms with Crippen molar-refractivity contribution >= 4 is 5.97 Å². The van der Waals surface area contributed by atoms with E-state index in [2.05, 4.69) is 10.1 Å². The fraction of sp³-hybridized carbons (Fsp3) is 0.471. The van der Waals surface area contributed by atoms with Gasteiger partial charge in [-0.3, -0.25) is 4.79 Å². The molecule has 0 N–H and O–H groups in total. The maximum Gasteiger partial charge on any atom is 0.311 e. The van der Waals surface area contributed by atoms with Crippen LogP contribution in [0.2, 0.25) is 0 Å². The number of esters is 1. The molecule has 1 aromatic heterocycles. The Morgan fingerprint density at radius 1 is 1.23 bits per heavy atom. The standard InChI is InChI=1S/C17H22N2O3/c1-10(2)17-18-14(22-19-17)8-9-15(20)21-16-12(4)7-6-11(3)13(16)5/h6-7,10H,8-9H2,1-5H3. The van der Waals surface area contributed by atoms with Crippen molar-refractivity contribution in [3.8, 4) is 5.75 Å². The third kappa shape index (κ3) is 3.72. The molecule has 5 nitrogen and oxygen atoms in total. The number of carbonyl (C=O) groups excluding carboxylic acids is 1. The van der Waals surface area contributed by atoms with E-state index in [9.17, 15) is 4.79 Å². The van der Waals surface area contributed by atoms with Crippen molar-refractivity contribution in [3.05, 3.63) is 40.5 Å². The van der Waals surface area contributed by atoms with Crippen LogP contribution >= 0.6 is 0 Å². The molecule has 2 aromatic rings. The number of rotatable bonds is 5. The number of hydrogen-bond donors (Lipinski definition) is 0. The SMILES string of the molecule is Cc1ccc(C)c(OC(=O)CCc2nc(C(C)C)no2)c1C. The number of aryl methyl sites for hydroxylation is 3. The van der Waals surface area contributed by atoms with Crippen molar-refractivity contribution in [1.29, 1.82) is 0 Å². The summed E-state index contributed by atoms with van der Waals surface area (Å²) in [6.07, 6.45) is 0.606. The van der Waals surface area contributed by atoms with Gasteiger partial charge in [-0.25, -0.2) is 0 Å². The monoisotopic (exact) mass is 302 g/mol. The van der Waals surface area contributed by atoms with Crippen LogP contribution in [0.1, 0.15) is 54.6 Å². The van der Waals surface area contributed by atoms with Gasteiger partial charge in [-0.2, -0.15) is 4.98 Å². The van der Waals surface area contributed by atoms with Crippen LogP contribution in [0.3, 0.4) is 0 Å². The summed E-state index contributed by atoms with van der Waals surface area (Å²) in [4.78, 5) is 16.3. The van der Waals surface area contributed by atoms with E-state index in [0.29, 0.717) is 23.9 Å². The molecule has 0 aliphatic rings. The number of ether oxygens (including phenoxy) is 1. The van der Waals surface area contributed by atoms with E-state index in [-0.39, 0.29) is 18.3 Å². The second-order valence-electron chi connectivity index (χ2n) is 5.83. The van der Waals surface area contributed by atoms with Gasteiger partial charge in [-0.05, 0) is 37.5 Å². The van der Waals surface area contributed by atoms with Gasteiger partial charge in [-0.15, -0.1) is 0 Å². The van der Waals surface area contributed by atoms with Gasteiger partial charge in [-0.1, -0.05) is 31.1 Å². The first-order chi connectivity index (χ1) is 10.4. The fourth-order valence-corrected chi connectivity index (χ4v) is 2.06. The minimum Gasteiger partial charge on any atom is -0.426 e. The number of hydrogen-bond acceptors (Lipinski definition) is 5. The van der Waals surface area contributed by atoms with E-state index in [0.717, 1.165) is 16.7 Å². The highest BCUT2D eigenvalue weighted by molar-refractivity contribution is 5.73. The highest BCUT2D eigenvalue weighted by Gasteiger charge is 2.14. The summed E-state index contributed by atoms with van der Waals surface area (Å²) in [6.45, 7) is 9.87. The zero-order valence-electron chi connectivity index (χ0n) is 13.8. The molecule has 118 valence electrons. The molecule has 0 bridgehead atoms. The minimum atomic E-state index is -0.291. The summed E-state index contributed by atoms with van der Waals surface area (Å²) < 4.78 is 10.6. The molecule has 5 heteroatoms. The van der Waals surface area contributed by atoms with Crippen molar-refractivity contribution in [2.75, 3.05) is 0 Å². The van der Waals surface area contributed by atoms with E-state index < -0.39 is 0 Å². The molecular weight excluding hydrogens is 280 g/mol. The van der Waals surface area contributed by atoms with E-state index >= 15 is 0 Å². The molecule has 1 heterocycles. The van der Waals surface area contributed by atoms with E-state index in [1.807, 2.05) is 46.8 Å².